The van der Waals surface area contributed by atoms with E-state index in [0.29, 0.717) is 31.3 Å². The minimum Gasteiger partial charge on any atom is -0.453 e. The number of ketones is 1. The average molecular weight is 617 g/mol. The molecular weight excluding hydrogens is 569 g/mol. The first-order chi connectivity index (χ1) is 19.5. The Bertz CT molecular complexity index is 1200. The van der Waals surface area contributed by atoms with Crippen LogP contribution in [-0.4, -0.2) is 74.2 Å². The summed E-state index contributed by atoms with van der Waals surface area (Å²) >= 11 is 0. The lowest BCUT2D eigenvalue weighted by Gasteiger charge is -2.60. The van der Waals surface area contributed by atoms with E-state index < -0.39 is 69.8 Å². The lowest BCUT2D eigenvalue weighted by atomic mass is 9.45. The van der Waals surface area contributed by atoms with E-state index in [0.717, 1.165) is 0 Å². The molecule has 0 radical (unpaired) electrons. The number of aliphatic hydroxyl groups is 3. The van der Waals surface area contributed by atoms with Crippen LogP contribution in [0.5, 0.6) is 0 Å². The predicted octanol–water partition coefficient (Wildman–Crippen LogP) is 4.77. The fourth-order valence-corrected chi connectivity index (χ4v) is 9.85. The number of hydrogen-bond acceptors (Lipinski definition) is 8. The van der Waals surface area contributed by atoms with Crippen LogP contribution in [0.3, 0.4) is 0 Å². The third-order valence-corrected chi connectivity index (χ3v) is 11.9. The molecule has 1 saturated heterocycles. The third kappa shape index (κ3) is 5.09. The van der Waals surface area contributed by atoms with E-state index in [-0.39, 0.29) is 43.3 Å². The van der Waals surface area contributed by atoms with E-state index in [1.165, 1.54) is 13.8 Å². The molecule has 1 aliphatic heterocycles. The van der Waals surface area contributed by atoms with Crippen molar-refractivity contribution in [3.63, 3.8) is 0 Å². The molecule has 8 nitrogen and oxygen atoms in total. The Kier molecular flexibility index (Phi) is 7.63. The molecule has 1 heterocycles. The van der Waals surface area contributed by atoms with Gasteiger partial charge >= 0.3 is 12.1 Å². The van der Waals surface area contributed by atoms with Gasteiger partial charge in [-0.15, -0.1) is 0 Å². The van der Waals surface area contributed by atoms with E-state index in [1.807, 2.05) is 20.8 Å². The highest BCUT2D eigenvalue weighted by Gasteiger charge is 2.71. The second-order valence-electron chi connectivity index (χ2n) is 15.6. The molecule has 0 aromatic heterocycles. The van der Waals surface area contributed by atoms with Crippen molar-refractivity contribution in [1.82, 2.24) is 0 Å². The molecule has 0 bridgehead atoms. The van der Waals surface area contributed by atoms with Gasteiger partial charge in [0.25, 0.3) is 0 Å². The molecule has 244 valence electrons. The van der Waals surface area contributed by atoms with Crippen LogP contribution >= 0.6 is 0 Å². The van der Waals surface area contributed by atoms with Gasteiger partial charge in [0.2, 0.25) is 0 Å². The summed E-state index contributed by atoms with van der Waals surface area (Å²) in [6, 6.07) is 0. The van der Waals surface area contributed by atoms with Crippen LogP contribution in [0.15, 0.2) is 11.6 Å². The first kappa shape index (κ1) is 32.9. The summed E-state index contributed by atoms with van der Waals surface area (Å²) in [7, 11) is 0. The zero-order chi connectivity index (χ0) is 32.2. The summed E-state index contributed by atoms with van der Waals surface area (Å²) in [6.45, 7) is 12.4. The molecule has 3 N–H and O–H groups in total. The molecule has 0 amide bonds. The molecule has 0 aromatic carbocycles. The maximum absolute atomic E-state index is 13.5. The number of alkyl halides is 3. The van der Waals surface area contributed by atoms with Crippen LogP contribution < -0.4 is 0 Å². The van der Waals surface area contributed by atoms with Crippen molar-refractivity contribution in [2.45, 2.75) is 147 Å². The second-order valence-corrected chi connectivity index (χ2v) is 15.6. The van der Waals surface area contributed by atoms with E-state index in [1.54, 1.807) is 19.9 Å². The molecule has 10 atom stereocenters. The molecule has 0 aromatic rings. The Hall–Kier alpha value is -1.53. The first-order valence-electron chi connectivity index (χ1n) is 15.5. The maximum Gasteiger partial charge on any atom is 0.490 e. The summed E-state index contributed by atoms with van der Waals surface area (Å²) in [5.74, 6) is -4.13. The molecule has 0 spiro atoms. The fraction of sp³-hybridized carbons (Fsp3) is 0.875. The largest absolute Gasteiger partial charge is 0.490 e. The fourth-order valence-electron chi connectivity index (χ4n) is 9.85. The third-order valence-electron chi connectivity index (χ3n) is 11.9. The SMILES string of the molecule is CC(C)(CC[C@H]1OC(C)(C)O[C@]1(C)[C@H]1CC[C@@]2(O)C3=CC(=O)[C@@H]4C[C@@H](O)[C@@H](O)C[C@]4(C)[C@H]3CC[C@]12C)OC(=O)C(F)(F)F. The maximum atomic E-state index is 13.5. The molecule has 3 saturated carbocycles. The van der Waals surface area contributed by atoms with Gasteiger partial charge in [0, 0.05) is 11.3 Å². The standard InChI is InChI=1S/C32H47F3O8/c1-26(2,42-25(39)32(33,34)35)11-10-24-30(7,43-27(3,4)41-24)23-9-13-31(40)18-14-20(36)19-15-21(37)22(38)16-28(19,5)17(18)8-12-29(23,31)6/h14,17,19,21-24,37-38,40H,8-13,15-16H2,1-7H3/t17-,19-,21+,22-,23-,24+,28+,29+,30+,31+/m0/s1. The summed E-state index contributed by atoms with van der Waals surface area (Å²) in [5.41, 5.74) is -4.24. The summed E-state index contributed by atoms with van der Waals surface area (Å²) in [6.07, 6.45) is -2.81. The smallest absolute Gasteiger partial charge is 0.453 e. The second kappa shape index (κ2) is 9.98. The monoisotopic (exact) mass is 616 g/mol. The molecule has 43 heavy (non-hydrogen) atoms. The Morgan fingerprint density at radius 1 is 1.05 bits per heavy atom. The van der Waals surface area contributed by atoms with Crippen molar-refractivity contribution in [1.29, 1.82) is 0 Å². The molecule has 0 unspecified atom stereocenters. The van der Waals surface area contributed by atoms with E-state index in [4.69, 9.17) is 14.2 Å². The van der Waals surface area contributed by atoms with Gasteiger partial charge in [0.05, 0.1) is 29.5 Å². The van der Waals surface area contributed by atoms with Gasteiger partial charge in [0.1, 0.15) is 5.60 Å². The number of carbonyl (C=O) groups is 2. The zero-order valence-corrected chi connectivity index (χ0v) is 26.2. The van der Waals surface area contributed by atoms with Gasteiger partial charge in [0.15, 0.2) is 11.6 Å². The van der Waals surface area contributed by atoms with Crippen molar-refractivity contribution in [3.05, 3.63) is 11.6 Å². The Morgan fingerprint density at radius 2 is 1.70 bits per heavy atom. The van der Waals surface area contributed by atoms with Crippen molar-refractivity contribution >= 4 is 11.8 Å². The van der Waals surface area contributed by atoms with Crippen LogP contribution in [0.1, 0.15) is 99.8 Å². The Balaban J connectivity index is 1.43. The Morgan fingerprint density at radius 3 is 2.33 bits per heavy atom. The van der Waals surface area contributed by atoms with Gasteiger partial charge in [-0.3, -0.25) is 4.79 Å². The summed E-state index contributed by atoms with van der Waals surface area (Å²) in [5, 5.41) is 33.5. The molecule has 5 rings (SSSR count). The van der Waals surface area contributed by atoms with Crippen LogP contribution in [0, 0.1) is 28.6 Å². The summed E-state index contributed by atoms with van der Waals surface area (Å²) in [4.78, 5) is 25.0. The van der Waals surface area contributed by atoms with E-state index in [2.05, 4.69) is 0 Å². The van der Waals surface area contributed by atoms with Gasteiger partial charge in [-0.1, -0.05) is 13.8 Å². The molecule has 5 aliphatic rings. The first-order valence-corrected chi connectivity index (χ1v) is 15.5. The highest BCUT2D eigenvalue weighted by Crippen LogP contribution is 2.70. The van der Waals surface area contributed by atoms with Gasteiger partial charge in [-0.2, -0.15) is 13.2 Å². The topological polar surface area (TPSA) is 123 Å². The van der Waals surface area contributed by atoms with Crippen molar-refractivity contribution in [2.24, 2.45) is 28.6 Å². The normalized spacial score (nSPS) is 46.1. The number of fused-ring (bicyclic) bond motifs is 5. The quantitative estimate of drug-likeness (QED) is 0.378. The molecule has 11 heteroatoms. The lowest BCUT2D eigenvalue weighted by Crippen LogP contribution is -2.62. The zero-order valence-electron chi connectivity index (χ0n) is 26.2. The van der Waals surface area contributed by atoms with E-state index >= 15 is 0 Å². The number of ether oxygens (including phenoxy) is 3. The van der Waals surface area contributed by atoms with Crippen molar-refractivity contribution in [3.8, 4) is 0 Å². The van der Waals surface area contributed by atoms with Gasteiger partial charge in [-0.05, 0) is 115 Å². The van der Waals surface area contributed by atoms with Gasteiger partial charge in [-0.25, -0.2) is 4.79 Å². The number of rotatable bonds is 5. The van der Waals surface area contributed by atoms with Crippen LogP contribution in [0.2, 0.25) is 0 Å². The number of carbonyl (C=O) groups excluding carboxylic acids is 2. The number of aliphatic hydroxyl groups excluding tert-OH is 2. The van der Waals surface area contributed by atoms with E-state index in [9.17, 15) is 38.1 Å². The van der Waals surface area contributed by atoms with Gasteiger partial charge < -0.3 is 29.5 Å². The number of halogens is 3. The average Bonchev–Trinajstić information content (AvgIpc) is 3.27. The lowest BCUT2D eigenvalue weighted by molar-refractivity contribution is -0.212. The minimum atomic E-state index is -5.09. The number of hydrogen-bond donors (Lipinski definition) is 3. The predicted molar refractivity (Wildman–Crippen MR) is 148 cm³/mol. The summed E-state index contributed by atoms with van der Waals surface area (Å²) < 4.78 is 56.4. The number of allylic oxidation sites excluding steroid dienone is 1. The highest BCUT2D eigenvalue weighted by atomic mass is 19.4. The van der Waals surface area contributed by atoms with Crippen LogP contribution in [0.4, 0.5) is 13.2 Å². The van der Waals surface area contributed by atoms with Crippen LogP contribution in [0.25, 0.3) is 0 Å². The van der Waals surface area contributed by atoms with Crippen LogP contribution in [-0.2, 0) is 23.8 Å². The highest BCUT2D eigenvalue weighted by molar-refractivity contribution is 5.95. The Labute approximate surface area is 251 Å². The van der Waals surface area contributed by atoms with Crippen molar-refractivity contribution < 1.29 is 52.3 Å². The molecule has 4 fully saturated rings. The van der Waals surface area contributed by atoms with Crippen molar-refractivity contribution in [2.75, 3.05) is 0 Å². The minimum absolute atomic E-state index is 0.0951. The molecular formula is C32H47F3O8. The number of esters is 1. The molecule has 4 aliphatic carbocycles.